The van der Waals surface area contributed by atoms with Crippen LogP contribution >= 0.6 is 11.8 Å². The van der Waals surface area contributed by atoms with E-state index in [2.05, 4.69) is 0 Å². The number of nitrogens with two attached hydrogens (primary N) is 1. The van der Waals surface area contributed by atoms with Gasteiger partial charge in [-0.2, -0.15) is 0 Å². The number of cyclic esters (lactones) is 1. The standard InChI is InChI=1S/C18H17NO3S/c19-14-8-6-13(7-9-14)18(21)23-11-16-15(10-22-17(16)20)12-4-2-1-3-5-12/h1-9,15-16H,10-11,19H2. The fourth-order valence-corrected chi connectivity index (χ4v) is 3.64. The van der Waals surface area contributed by atoms with Crippen LogP contribution in [0, 0.1) is 5.92 Å². The van der Waals surface area contributed by atoms with E-state index < -0.39 is 0 Å². The lowest BCUT2D eigenvalue weighted by Gasteiger charge is -2.14. The third-order valence-corrected chi connectivity index (χ3v) is 4.99. The molecule has 4 nitrogen and oxygen atoms in total. The summed E-state index contributed by atoms with van der Waals surface area (Å²) in [6, 6.07) is 16.6. The second-order valence-corrected chi connectivity index (χ2v) is 6.47. The summed E-state index contributed by atoms with van der Waals surface area (Å²) >= 11 is 1.15. The average Bonchev–Trinajstić information content (AvgIpc) is 2.95. The predicted octanol–water partition coefficient (Wildman–Crippen LogP) is 3.10. The van der Waals surface area contributed by atoms with E-state index in [0.29, 0.717) is 23.6 Å². The van der Waals surface area contributed by atoms with Gasteiger partial charge in [-0.1, -0.05) is 42.1 Å². The minimum absolute atomic E-state index is 0.00965. The number of benzene rings is 2. The molecule has 2 aromatic carbocycles. The maximum absolute atomic E-state index is 12.2. The fourth-order valence-electron chi connectivity index (χ4n) is 2.64. The fraction of sp³-hybridized carbons (Fsp3) is 0.222. The topological polar surface area (TPSA) is 69.4 Å². The van der Waals surface area contributed by atoms with Crippen molar-refractivity contribution in [2.45, 2.75) is 5.92 Å². The quantitative estimate of drug-likeness (QED) is 0.690. The number of ether oxygens (including phenoxy) is 1. The lowest BCUT2D eigenvalue weighted by molar-refractivity contribution is -0.140. The number of hydrogen-bond donors (Lipinski definition) is 1. The maximum atomic E-state index is 12.2. The molecule has 23 heavy (non-hydrogen) atoms. The van der Waals surface area contributed by atoms with Crippen molar-refractivity contribution >= 4 is 28.5 Å². The molecule has 3 rings (SSSR count). The van der Waals surface area contributed by atoms with E-state index in [4.69, 9.17) is 10.5 Å². The molecule has 2 atom stereocenters. The van der Waals surface area contributed by atoms with E-state index in [1.54, 1.807) is 24.3 Å². The van der Waals surface area contributed by atoms with E-state index >= 15 is 0 Å². The Hall–Kier alpha value is -2.27. The zero-order valence-corrected chi connectivity index (χ0v) is 13.3. The number of carbonyl (C=O) groups is 2. The van der Waals surface area contributed by atoms with Crippen LogP contribution in [0.15, 0.2) is 54.6 Å². The van der Waals surface area contributed by atoms with Crippen LogP contribution in [0.3, 0.4) is 0 Å². The zero-order valence-electron chi connectivity index (χ0n) is 12.5. The van der Waals surface area contributed by atoms with E-state index in [-0.39, 0.29) is 22.9 Å². The molecular formula is C18H17NO3S. The van der Waals surface area contributed by atoms with Crippen molar-refractivity contribution in [3.8, 4) is 0 Å². The van der Waals surface area contributed by atoms with E-state index in [1.807, 2.05) is 30.3 Å². The minimum Gasteiger partial charge on any atom is -0.465 e. The van der Waals surface area contributed by atoms with Crippen molar-refractivity contribution in [1.29, 1.82) is 0 Å². The lowest BCUT2D eigenvalue weighted by Crippen LogP contribution is -2.18. The van der Waals surface area contributed by atoms with Gasteiger partial charge in [0.25, 0.3) is 0 Å². The summed E-state index contributed by atoms with van der Waals surface area (Å²) in [5, 5.41) is -0.0588. The van der Waals surface area contributed by atoms with Gasteiger partial charge in [-0.05, 0) is 29.8 Å². The first kappa shape index (κ1) is 15.6. The Labute approximate surface area is 139 Å². The van der Waals surface area contributed by atoms with Crippen molar-refractivity contribution in [2.75, 3.05) is 18.1 Å². The van der Waals surface area contributed by atoms with Crippen LogP contribution in [0.25, 0.3) is 0 Å². The van der Waals surface area contributed by atoms with Crippen molar-refractivity contribution in [3.63, 3.8) is 0 Å². The normalized spacial score (nSPS) is 20.3. The molecule has 1 heterocycles. The van der Waals surface area contributed by atoms with Crippen LogP contribution in [0.1, 0.15) is 21.8 Å². The van der Waals surface area contributed by atoms with Gasteiger partial charge in [-0.3, -0.25) is 9.59 Å². The number of hydrogen-bond acceptors (Lipinski definition) is 5. The largest absolute Gasteiger partial charge is 0.465 e. The molecule has 0 bridgehead atoms. The molecule has 2 aromatic rings. The van der Waals surface area contributed by atoms with Crippen LogP contribution in [0.4, 0.5) is 5.69 Å². The average molecular weight is 327 g/mol. The molecule has 0 aromatic heterocycles. The molecule has 2 unspecified atom stereocenters. The Balaban J connectivity index is 1.67. The zero-order chi connectivity index (χ0) is 16.2. The van der Waals surface area contributed by atoms with Gasteiger partial charge in [0.1, 0.15) is 0 Å². The Kier molecular flexibility index (Phi) is 4.67. The number of thioether (sulfide) groups is 1. The third kappa shape index (κ3) is 3.56. The van der Waals surface area contributed by atoms with Crippen molar-refractivity contribution in [1.82, 2.24) is 0 Å². The number of rotatable bonds is 4. The van der Waals surface area contributed by atoms with Gasteiger partial charge in [0, 0.05) is 22.9 Å². The van der Waals surface area contributed by atoms with Crippen LogP contribution in [-0.4, -0.2) is 23.4 Å². The monoisotopic (exact) mass is 327 g/mol. The van der Waals surface area contributed by atoms with Crippen molar-refractivity contribution < 1.29 is 14.3 Å². The van der Waals surface area contributed by atoms with Gasteiger partial charge in [-0.25, -0.2) is 0 Å². The molecule has 1 aliphatic rings. The van der Waals surface area contributed by atoms with Gasteiger partial charge in [0.05, 0.1) is 12.5 Å². The summed E-state index contributed by atoms with van der Waals surface area (Å²) < 4.78 is 5.21. The Bertz CT molecular complexity index is 700. The first-order valence-corrected chi connectivity index (χ1v) is 8.38. The number of anilines is 1. The van der Waals surface area contributed by atoms with Gasteiger partial charge in [0.15, 0.2) is 0 Å². The third-order valence-electron chi connectivity index (χ3n) is 3.96. The van der Waals surface area contributed by atoms with E-state index in [0.717, 1.165) is 17.3 Å². The predicted molar refractivity (Wildman–Crippen MR) is 91.3 cm³/mol. The van der Waals surface area contributed by atoms with E-state index in [1.165, 1.54) is 0 Å². The summed E-state index contributed by atoms with van der Waals surface area (Å²) in [5.74, 6) is -0.0891. The molecule has 5 heteroatoms. The van der Waals surface area contributed by atoms with Crippen molar-refractivity contribution in [2.24, 2.45) is 5.92 Å². The molecule has 2 N–H and O–H groups in total. The van der Waals surface area contributed by atoms with Gasteiger partial charge < -0.3 is 10.5 Å². The second kappa shape index (κ2) is 6.87. The number of carbonyl (C=O) groups excluding carboxylic acids is 2. The van der Waals surface area contributed by atoms with Crippen LogP contribution in [0.5, 0.6) is 0 Å². The molecule has 0 saturated carbocycles. The van der Waals surface area contributed by atoms with E-state index in [9.17, 15) is 9.59 Å². The van der Waals surface area contributed by atoms with Crippen LogP contribution in [-0.2, 0) is 9.53 Å². The molecular weight excluding hydrogens is 310 g/mol. The molecule has 1 fully saturated rings. The molecule has 0 radical (unpaired) electrons. The highest BCUT2D eigenvalue weighted by atomic mass is 32.2. The highest BCUT2D eigenvalue weighted by molar-refractivity contribution is 8.14. The Morgan fingerprint density at radius 3 is 2.52 bits per heavy atom. The summed E-state index contributed by atoms with van der Waals surface area (Å²) in [5.41, 5.74) is 7.90. The minimum atomic E-state index is -0.292. The molecule has 0 spiro atoms. The highest BCUT2D eigenvalue weighted by Crippen LogP contribution is 2.34. The Morgan fingerprint density at radius 2 is 1.83 bits per heavy atom. The molecule has 0 amide bonds. The maximum Gasteiger partial charge on any atom is 0.310 e. The number of nitrogen functional groups attached to an aromatic ring is 1. The number of esters is 1. The summed E-state index contributed by atoms with van der Waals surface area (Å²) in [6.07, 6.45) is 0. The second-order valence-electron chi connectivity index (χ2n) is 5.47. The molecule has 0 aliphatic carbocycles. The van der Waals surface area contributed by atoms with Gasteiger partial charge >= 0.3 is 5.97 Å². The lowest BCUT2D eigenvalue weighted by atomic mass is 9.90. The van der Waals surface area contributed by atoms with Crippen LogP contribution < -0.4 is 5.73 Å². The highest BCUT2D eigenvalue weighted by Gasteiger charge is 2.38. The smallest absolute Gasteiger partial charge is 0.310 e. The van der Waals surface area contributed by atoms with Gasteiger partial charge in [-0.15, -0.1) is 0 Å². The summed E-state index contributed by atoms with van der Waals surface area (Å²) in [6.45, 7) is 0.379. The Morgan fingerprint density at radius 1 is 1.13 bits per heavy atom. The molecule has 1 saturated heterocycles. The summed E-state index contributed by atoms with van der Waals surface area (Å²) in [7, 11) is 0. The first-order valence-electron chi connectivity index (χ1n) is 7.39. The van der Waals surface area contributed by atoms with Crippen molar-refractivity contribution in [3.05, 3.63) is 65.7 Å². The first-order chi connectivity index (χ1) is 11.1. The summed E-state index contributed by atoms with van der Waals surface area (Å²) in [4.78, 5) is 24.2. The SMILES string of the molecule is Nc1ccc(C(=O)SCC2C(=O)OCC2c2ccccc2)cc1. The molecule has 1 aliphatic heterocycles. The molecule has 118 valence electrons. The van der Waals surface area contributed by atoms with Gasteiger partial charge in [0.2, 0.25) is 5.12 Å². The van der Waals surface area contributed by atoms with Crippen LogP contribution in [0.2, 0.25) is 0 Å².